The fraction of sp³-hybridized carbons (Fsp3) is 0.500. The quantitative estimate of drug-likeness (QED) is 0.770. The largest absolute Gasteiger partial charge is 0.508 e. The Labute approximate surface area is 124 Å². The van der Waals surface area contributed by atoms with Gasteiger partial charge in [0.2, 0.25) is 0 Å². The van der Waals surface area contributed by atoms with Crippen LogP contribution in [0, 0.1) is 17.3 Å². The summed E-state index contributed by atoms with van der Waals surface area (Å²) in [5, 5.41) is 19.9. The van der Waals surface area contributed by atoms with Gasteiger partial charge in [-0.15, -0.1) is 0 Å². The van der Waals surface area contributed by atoms with Gasteiger partial charge in [-0.05, 0) is 79.4 Å². The molecular weight excluding hydrogens is 264 g/mol. The number of allylic oxidation sites excluding steroid dienone is 2. The highest BCUT2D eigenvalue weighted by atomic mass is 16.3. The molecule has 3 heteroatoms. The van der Waals surface area contributed by atoms with Crippen molar-refractivity contribution in [3.05, 3.63) is 35.4 Å². The average Bonchev–Trinajstić information content (AvgIpc) is 2.77. The Balaban J connectivity index is 1.86. The van der Waals surface area contributed by atoms with Gasteiger partial charge in [0, 0.05) is 0 Å². The summed E-state index contributed by atoms with van der Waals surface area (Å²) < 4.78 is 0. The molecule has 110 valence electrons. The monoisotopic (exact) mass is 284 g/mol. The van der Waals surface area contributed by atoms with E-state index < -0.39 is 11.5 Å². The number of fused-ring (bicyclic) bond motifs is 5. The number of benzene rings is 1. The number of aliphatic hydroxyl groups excluding tert-OH is 1. The summed E-state index contributed by atoms with van der Waals surface area (Å²) in [5.41, 5.74) is 2.77. The molecule has 1 fully saturated rings. The normalized spacial score (nSPS) is 37.5. The van der Waals surface area contributed by atoms with Crippen LogP contribution in [0.25, 0.3) is 5.57 Å². The Morgan fingerprint density at radius 1 is 1.24 bits per heavy atom. The van der Waals surface area contributed by atoms with Gasteiger partial charge in [0.05, 0.1) is 11.5 Å². The third-order valence-corrected chi connectivity index (χ3v) is 6.04. The zero-order valence-electron chi connectivity index (χ0n) is 12.2. The third kappa shape index (κ3) is 1.61. The van der Waals surface area contributed by atoms with Crippen molar-refractivity contribution in [2.75, 3.05) is 0 Å². The molecule has 1 saturated carbocycles. The van der Waals surface area contributed by atoms with E-state index in [2.05, 4.69) is 0 Å². The van der Waals surface area contributed by atoms with E-state index in [1.165, 1.54) is 0 Å². The predicted octanol–water partition coefficient (Wildman–Crippen LogP) is 2.70. The SMILES string of the molecule is C[C@]12C(=O)C=C3c4ccc(O)cc4CC[C@H]3[C@@H]1CC[C@@H]2O. The van der Waals surface area contributed by atoms with Crippen molar-refractivity contribution in [3.8, 4) is 5.75 Å². The Hall–Kier alpha value is -1.61. The molecule has 21 heavy (non-hydrogen) atoms. The molecule has 1 aromatic rings. The minimum Gasteiger partial charge on any atom is -0.508 e. The highest BCUT2D eigenvalue weighted by Crippen LogP contribution is 2.57. The molecule has 0 saturated heterocycles. The Morgan fingerprint density at radius 2 is 2.05 bits per heavy atom. The number of phenols is 1. The summed E-state index contributed by atoms with van der Waals surface area (Å²) >= 11 is 0. The number of hydrogen-bond donors (Lipinski definition) is 2. The fourth-order valence-corrected chi connectivity index (χ4v) is 4.78. The van der Waals surface area contributed by atoms with E-state index in [0.29, 0.717) is 5.92 Å². The molecule has 1 aromatic carbocycles. The first-order valence-corrected chi connectivity index (χ1v) is 7.78. The third-order valence-electron chi connectivity index (χ3n) is 6.04. The molecule has 3 aliphatic carbocycles. The topological polar surface area (TPSA) is 57.5 Å². The highest BCUT2D eigenvalue weighted by Gasteiger charge is 2.56. The zero-order chi connectivity index (χ0) is 14.8. The van der Waals surface area contributed by atoms with Gasteiger partial charge >= 0.3 is 0 Å². The van der Waals surface area contributed by atoms with Gasteiger partial charge in [0.25, 0.3) is 0 Å². The van der Waals surface area contributed by atoms with Crippen LogP contribution in [0.5, 0.6) is 5.75 Å². The van der Waals surface area contributed by atoms with Crippen molar-refractivity contribution in [3.63, 3.8) is 0 Å². The molecule has 0 aromatic heterocycles. The minimum absolute atomic E-state index is 0.0738. The van der Waals surface area contributed by atoms with Crippen LogP contribution in [0.4, 0.5) is 0 Å². The van der Waals surface area contributed by atoms with Crippen LogP contribution in [-0.4, -0.2) is 22.1 Å². The number of ketones is 1. The van der Waals surface area contributed by atoms with E-state index in [4.69, 9.17) is 0 Å². The molecule has 0 heterocycles. The van der Waals surface area contributed by atoms with Crippen LogP contribution in [0.15, 0.2) is 24.3 Å². The van der Waals surface area contributed by atoms with Crippen molar-refractivity contribution in [2.24, 2.45) is 17.3 Å². The first kappa shape index (κ1) is 13.1. The van der Waals surface area contributed by atoms with Crippen molar-refractivity contribution in [1.29, 1.82) is 0 Å². The Bertz CT molecular complexity index is 660. The van der Waals surface area contributed by atoms with E-state index in [1.807, 2.05) is 19.1 Å². The van der Waals surface area contributed by atoms with Crippen molar-refractivity contribution in [1.82, 2.24) is 0 Å². The first-order valence-electron chi connectivity index (χ1n) is 7.78. The number of rotatable bonds is 0. The maximum atomic E-state index is 12.7. The standard InChI is InChI=1S/C18H20O3/c1-18-15(6-7-16(18)20)13-4-2-10-8-11(19)3-5-12(10)14(13)9-17(18)21/h3,5,8-9,13,15-16,19-20H,2,4,6-7H2,1H3/t13-,15+,16+,18+/m1/s1. The Morgan fingerprint density at radius 3 is 2.86 bits per heavy atom. The number of aryl methyl sites for hydroxylation is 1. The molecule has 0 unspecified atom stereocenters. The van der Waals surface area contributed by atoms with Crippen LogP contribution in [0.3, 0.4) is 0 Å². The molecule has 2 N–H and O–H groups in total. The number of carbonyl (C=O) groups is 1. The molecule has 0 bridgehead atoms. The summed E-state index contributed by atoms with van der Waals surface area (Å²) in [5.74, 6) is 0.976. The molecule has 0 aliphatic heterocycles. The maximum absolute atomic E-state index is 12.7. The molecule has 4 atom stereocenters. The number of carbonyl (C=O) groups excluding carboxylic acids is 1. The molecule has 3 aliphatic rings. The van der Waals surface area contributed by atoms with Crippen molar-refractivity contribution < 1.29 is 15.0 Å². The van der Waals surface area contributed by atoms with Crippen LogP contribution >= 0.6 is 0 Å². The molecule has 0 spiro atoms. The summed E-state index contributed by atoms with van der Waals surface area (Å²) in [6.07, 6.45) is 4.86. The highest BCUT2D eigenvalue weighted by molar-refractivity contribution is 6.04. The van der Waals surface area contributed by atoms with Crippen LogP contribution in [0.1, 0.15) is 37.3 Å². The molecule has 3 nitrogen and oxygen atoms in total. The van der Waals surface area contributed by atoms with Crippen molar-refractivity contribution in [2.45, 2.75) is 38.7 Å². The van der Waals surface area contributed by atoms with E-state index in [9.17, 15) is 15.0 Å². The van der Waals surface area contributed by atoms with Gasteiger partial charge in [-0.2, -0.15) is 0 Å². The lowest BCUT2D eigenvalue weighted by Gasteiger charge is -2.44. The van der Waals surface area contributed by atoms with E-state index in [1.54, 1.807) is 12.1 Å². The Kier molecular flexibility index (Phi) is 2.62. The average molecular weight is 284 g/mol. The first-order chi connectivity index (χ1) is 10.0. The van der Waals surface area contributed by atoms with Gasteiger partial charge in [-0.1, -0.05) is 6.07 Å². The van der Waals surface area contributed by atoms with E-state index >= 15 is 0 Å². The minimum atomic E-state index is -0.595. The fourth-order valence-electron chi connectivity index (χ4n) is 4.78. The second kappa shape index (κ2) is 4.20. The zero-order valence-corrected chi connectivity index (χ0v) is 12.2. The van der Waals surface area contributed by atoms with Crippen LogP contribution in [0.2, 0.25) is 0 Å². The summed E-state index contributed by atoms with van der Waals surface area (Å²) in [4.78, 5) is 12.7. The number of hydrogen-bond acceptors (Lipinski definition) is 3. The lowest BCUT2D eigenvalue weighted by molar-refractivity contribution is -0.132. The summed E-state index contributed by atoms with van der Waals surface area (Å²) in [7, 11) is 0. The van der Waals surface area contributed by atoms with Gasteiger partial charge < -0.3 is 10.2 Å². The molecule has 0 radical (unpaired) electrons. The lowest BCUT2D eigenvalue weighted by atomic mass is 9.59. The van der Waals surface area contributed by atoms with E-state index in [-0.39, 0.29) is 17.5 Å². The molecule has 4 rings (SSSR count). The second-order valence-corrected chi connectivity index (χ2v) is 6.93. The number of aliphatic hydroxyl groups is 1. The second-order valence-electron chi connectivity index (χ2n) is 6.93. The van der Waals surface area contributed by atoms with Gasteiger partial charge in [-0.3, -0.25) is 4.79 Å². The summed E-state index contributed by atoms with van der Waals surface area (Å²) in [6, 6.07) is 5.45. The van der Waals surface area contributed by atoms with Gasteiger partial charge in [0.1, 0.15) is 5.75 Å². The summed E-state index contributed by atoms with van der Waals surface area (Å²) in [6.45, 7) is 1.94. The van der Waals surface area contributed by atoms with Gasteiger partial charge in [-0.25, -0.2) is 0 Å². The predicted molar refractivity (Wildman–Crippen MR) is 79.7 cm³/mol. The van der Waals surface area contributed by atoms with Gasteiger partial charge in [0.15, 0.2) is 5.78 Å². The number of aromatic hydroxyl groups is 1. The molecule has 0 amide bonds. The van der Waals surface area contributed by atoms with Crippen LogP contribution < -0.4 is 0 Å². The van der Waals surface area contributed by atoms with E-state index in [0.717, 1.165) is 42.4 Å². The van der Waals surface area contributed by atoms with Crippen LogP contribution in [-0.2, 0) is 11.2 Å². The maximum Gasteiger partial charge on any atom is 0.164 e. The molecular formula is C18H20O3. The number of phenolic OH excluding ortho intramolecular Hbond substituents is 1. The lowest BCUT2D eigenvalue weighted by Crippen LogP contribution is -2.46. The van der Waals surface area contributed by atoms with Crippen molar-refractivity contribution >= 4 is 11.4 Å². The smallest absolute Gasteiger partial charge is 0.164 e.